The van der Waals surface area contributed by atoms with E-state index in [1.165, 1.54) is 19.2 Å². The summed E-state index contributed by atoms with van der Waals surface area (Å²) in [6, 6.07) is 13.5. The molecule has 0 bridgehead atoms. The minimum absolute atomic E-state index is 0.0202. The Bertz CT molecular complexity index is 1090. The van der Waals surface area contributed by atoms with Gasteiger partial charge in [0.1, 0.15) is 0 Å². The average molecular weight is 443 g/mol. The topological polar surface area (TPSA) is 68.7 Å². The lowest BCUT2D eigenvalue weighted by atomic mass is 10.1. The van der Waals surface area contributed by atoms with E-state index in [9.17, 15) is 18.0 Å². The maximum Gasteiger partial charge on any atom is 0.416 e. The van der Waals surface area contributed by atoms with E-state index in [-0.39, 0.29) is 6.42 Å². The Morgan fingerprint density at radius 1 is 1.00 bits per heavy atom. The van der Waals surface area contributed by atoms with E-state index in [4.69, 9.17) is 14.6 Å². The second-order valence-corrected chi connectivity index (χ2v) is 6.86. The number of ether oxygens (including phenoxy) is 2. The van der Waals surface area contributed by atoms with Crippen molar-refractivity contribution in [2.24, 2.45) is 0 Å². The normalized spacial score (nSPS) is 11.5. The van der Waals surface area contributed by atoms with Crippen LogP contribution in [0.15, 0.2) is 60.8 Å². The third kappa shape index (κ3) is 6.34. The first-order valence-electron chi connectivity index (χ1n) is 9.62. The van der Waals surface area contributed by atoms with Crippen molar-refractivity contribution in [2.45, 2.75) is 19.0 Å². The van der Waals surface area contributed by atoms with Crippen molar-refractivity contribution < 1.29 is 32.5 Å². The van der Waals surface area contributed by atoms with Gasteiger partial charge in [0.15, 0.2) is 11.5 Å². The van der Waals surface area contributed by atoms with Gasteiger partial charge >= 0.3 is 12.1 Å². The fraction of sp³-hybridized carbons (Fsp3) is 0.167. The predicted molar refractivity (Wildman–Crippen MR) is 114 cm³/mol. The fourth-order valence-corrected chi connectivity index (χ4v) is 2.84. The first-order valence-corrected chi connectivity index (χ1v) is 9.62. The van der Waals surface area contributed by atoms with Crippen LogP contribution in [0.5, 0.6) is 17.4 Å². The molecular weight excluding hydrogens is 423 g/mol. The highest BCUT2D eigenvalue weighted by atomic mass is 19.4. The Morgan fingerprint density at radius 3 is 2.28 bits per heavy atom. The Labute approximate surface area is 182 Å². The monoisotopic (exact) mass is 443 g/mol. The van der Waals surface area contributed by atoms with Gasteiger partial charge in [-0.25, -0.2) is 4.98 Å². The number of carboxylic acids is 1. The lowest BCUT2D eigenvalue weighted by Crippen LogP contribution is -2.03. The number of nitrogens with zero attached hydrogens (tertiary/aromatic N) is 1. The predicted octanol–water partition coefficient (Wildman–Crippen LogP) is 6.09. The smallest absolute Gasteiger partial charge is 0.416 e. The van der Waals surface area contributed by atoms with E-state index in [1.54, 1.807) is 48.7 Å². The van der Waals surface area contributed by atoms with Gasteiger partial charge < -0.3 is 14.6 Å². The molecule has 1 N–H and O–H groups in total. The van der Waals surface area contributed by atoms with Crippen molar-refractivity contribution in [3.05, 3.63) is 83.0 Å². The molecule has 0 spiro atoms. The highest BCUT2D eigenvalue weighted by Crippen LogP contribution is 2.32. The van der Waals surface area contributed by atoms with Crippen LogP contribution in [-0.2, 0) is 17.4 Å². The van der Waals surface area contributed by atoms with Crippen molar-refractivity contribution in [1.82, 2.24) is 4.98 Å². The molecule has 8 heteroatoms. The Hall–Kier alpha value is -3.81. The number of methoxy groups -OCH3 is 1. The molecule has 0 aliphatic heterocycles. The quantitative estimate of drug-likeness (QED) is 0.456. The molecule has 166 valence electrons. The van der Waals surface area contributed by atoms with Crippen LogP contribution in [0.4, 0.5) is 13.2 Å². The largest absolute Gasteiger partial charge is 0.493 e. The summed E-state index contributed by atoms with van der Waals surface area (Å²) in [5.74, 6) is 0.349. The molecule has 3 rings (SSSR count). The summed E-state index contributed by atoms with van der Waals surface area (Å²) in [7, 11) is 1.49. The number of aliphatic carboxylic acids is 1. The van der Waals surface area contributed by atoms with Gasteiger partial charge in [0, 0.05) is 18.7 Å². The molecule has 0 radical (unpaired) electrons. The highest BCUT2D eigenvalue weighted by molar-refractivity contribution is 5.69. The van der Waals surface area contributed by atoms with Crippen LogP contribution >= 0.6 is 0 Å². The third-order valence-electron chi connectivity index (χ3n) is 4.54. The zero-order valence-electron chi connectivity index (χ0n) is 17.1. The van der Waals surface area contributed by atoms with Gasteiger partial charge in [-0.1, -0.05) is 30.4 Å². The van der Waals surface area contributed by atoms with Crippen molar-refractivity contribution in [3.8, 4) is 17.4 Å². The lowest BCUT2D eigenvalue weighted by Gasteiger charge is -2.11. The van der Waals surface area contributed by atoms with E-state index in [0.29, 0.717) is 29.4 Å². The first-order chi connectivity index (χ1) is 15.2. The fourth-order valence-electron chi connectivity index (χ4n) is 2.84. The minimum atomic E-state index is -4.36. The minimum Gasteiger partial charge on any atom is -0.493 e. The Morgan fingerprint density at radius 2 is 1.69 bits per heavy atom. The number of hydrogen-bond acceptors (Lipinski definition) is 4. The average Bonchev–Trinajstić information content (AvgIpc) is 2.77. The number of halogens is 3. The van der Waals surface area contributed by atoms with Crippen LogP contribution in [0.3, 0.4) is 0 Å². The number of rotatable bonds is 8. The number of hydrogen-bond donors (Lipinski definition) is 1. The van der Waals surface area contributed by atoms with E-state index >= 15 is 0 Å². The number of alkyl halides is 3. The van der Waals surface area contributed by atoms with Gasteiger partial charge in [0.2, 0.25) is 5.88 Å². The number of carboxylic acid groups (broad SMARTS) is 1. The number of aromatic nitrogens is 1. The maximum absolute atomic E-state index is 12.6. The summed E-state index contributed by atoms with van der Waals surface area (Å²) < 4.78 is 49.0. The van der Waals surface area contributed by atoms with Crippen LogP contribution < -0.4 is 9.47 Å². The zero-order chi connectivity index (χ0) is 23.1. The van der Waals surface area contributed by atoms with Crippen molar-refractivity contribution in [1.29, 1.82) is 0 Å². The van der Waals surface area contributed by atoms with Gasteiger partial charge in [0.25, 0.3) is 0 Å². The Kier molecular flexibility index (Phi) is 7.14. The first kappa shape index (κ1) is 22.9. The van der Waals surface area contributed by atoms with E-state index in [2.05, 4.69) is 4.98 Å². The summed E-state index contributed by atoms with van der Waals surface area (Å²) in [5, 5.41) is 8.81. The van der Waals surface area contributed by atoms with Gasteiger partial charge in [-0.2, -0.15) is 13.2 Å². The van der Waals surface area contributed by atoms with Crippen molar-refractivity contribution in [3.63, 3.8) is 0 Å². The summed E-state index contributed by atoms with van der Waals surface area (Å²) in [4.78, 5) is 15.0. The van der Waals surface area contributed by atoms with Crippen LogP contribution in [0, 0.1) is 0 Å². The molecule has 5 nitrogen and oxygen atoms in total. The Balaban J connectivity index is 1.65. The van der Waals surface area contributed by atoms with E-state index < -0.39 is 17.7 Å². The van der Waals surface area contributed by atoms with Crippen molar-refractivity contribution >= 4 is 18.1 Å². The molecular formula is C24H20F3NO4. The molecule has 2 aromatic carbocycles. The van der Waals surface area contributed by atoms with Gasteiger partial charge in [-0.05, 0) is 53.4 Å². The second kappa shape index (κ2) is 10.00. The second-order valence-electron chi connectivity index (χ2n) is 6.86. The molecule has 0 saturated carbocycles. The number of aryl methyl sites for hydroxylation is 1. The summed E-state index contributed by atoms with van der Waals surface area (Å²) >= 11 is 0. The number of pyridine rings is 1. The van der Waals surface area contributed by atoms with Crippen LogP contribution in [0.25, 0.3) is 12.2 Å². The molecule has 0 aliphatic carbocycles. The summed E-state index contributed by atoms with van der Waals surface area (Å²) in [6.45, 7) is 0. The number of benzene rings is 2. The van der Waals surface area contributed by atoms with Gasteiger partial charge in [-0.15, -0.1) is 0 Å². The standard InChI is InChI=1S/C24H20F3NO4/c1-31-21-14-17(8-13-23(29)30)6-11-20(21)32-22-12-7-18(15-28-22)3-2-16-4-9-19(10-5-16)24(25,26)27/h2-7,9-12,14-15H,8,13H2,1H3,(H,29,30)/b3-2+. The highest BCUT2D eigenvalue weighted by Gasteiger charge is 2.29. The molecule has 0 amide bonds. The molecule has 0 saturated heterocycles. The molecule has 0 aliphatic rings. The van der Waals surface area contributed by atoms with E-state index in [1.807, 2.05) is 0 Å². The third-order valence-corrected chi connectivity index (χ3v) is 4.54. The molecule has 32 heavy (non-hydrogen) atoms. The zero-order valence-corrected chi connectivity index (χ0v) is 17.1. The molecule has 0 atom stereocenters. The van der Waals surface area contributed by atoms with Crippen LogP contribution in [-0.4, -0.2) is 23.2 Å². The van der Waals surface area contributed by atoms with Gasteiger partial charge in [-0.3, -0.25) is 4.79 Å². The molecule has 1 aromatic heterocycles. The summed E-state index contributed by atoms with van der Waals surface area (Å²) in [6.07, 6.45) is 1.04. The maximum atomic E-state index is 12.6. The molecule has 0 unspecified atom stereocenters. The molecule has 3 aromatic rings. The summed E-state index contributed by atoms with van der Waals surface area (Å²) in [5.41, 5.74) is 1.50. The SMILES string of the molecule is COc1cc(CCC(=O)O)ccc1Oc1ccc(/C=C/c2ccc(C(F)(F)F)cc2)cn1. The number of carbonyl (C=O) groups is 1. The van der Waals surface area contributed by atoms with Crippen molar-refractivity contribution in [2.75, 3.05) is 7.11 Å². The lowest BCUT2D eigenvalue weighted by molar-refractivity contribution is -0.138. The van der Waals surface area contributed by atoms with Gasteiger partial charge in [0.05, 0.1) is 12.7 Å². The van der Waals surface area contributed by atoms with E-state index in [0.717, 1.165) is 23.3 Å². The molecule has 0 fully saturated rings. The van der Waals surface area contributed by atoms with Crippen LogP contribution in [0.2, 0.25) is 0 Å². The molecule has 1 heterocycles. The van der Waals surface area contributed by atoms with Crippen LogP contribution in [0.1, 0.15) is 28.7 Å².